The quantitative estimate of drug-likeness (QED) is 0.923. The topological polar surface area (TPSA) is 69.6 Å². The van der Waals surface area contributed by atoms with Crippen LogP contribution in [0, 0.1) is 5.92 Å². The van der Waals surface area contributed by atoms with E-state index < -0.39 is 5.97 Å². The van der Waals surface area contributed by atoms with E-state index in [1.807, 2.05) is 0 Å². The van der Waals surface area contributed by atoms with Gasteiger partial charge in [-0.3, -0.25) is 4.79 Å². The number of anilines is 2. The Morgan fingerprint density at radius 1 is 0.955 bits per heavy atom. The van der Waals surface area contributed by atoms with E-state index >= 15 is 0 Å². The lowest BCUT2D eigenvalue weighted by Gasteiger charge is -2.31. The van der Waals surface area contributed by atoms with Crippen molar-refractivity contribution in [1.82, 2.24) is 9.97 Å². The lowest BCUT2D eigenvalue weighted by Crippen LogP contribution is -2.37. The van der Waals surface area contributed by atoms with Gasteiger partial charge in [-0.1, -0.05) is 12.8 Å². The first-order valence-corrected chi connectivity index (χ1v) is 8.29. The summed E-state index contributed by atoms with van der Waals surface area (Å²) >= 11 is 0. The molecular weight excluding hydrogens is 280 g/mol. The molecule has 2 aliphatic heterocycles. The highest BCUT2D eigenvalue weighted by Gasteiger charge is 2.25. The zero-order chi connectivity index (χ0) is 15.4. The van der Waals surface area contributed by atoms with Gasteiger partial charge in [0.05, 0.1) is 5.92 Å². The van der Waals surface area contributed by atoms with Crippen LogP contribution < -0.4 is 9.80 Å². The van der Waals surface area contributed by atoms with Gasteiger partial charge in [0, 0.05) is 32.2 Å². The standard InChI is InChI=1S/C16H24N4O2/c21-16(22)13-5-9-20(10-6-13)15-11-14(17-12-18-15)19-7-3-1-2-4-8-19/h11-13H,1-10H2,(H,21,22). The highest BCUT2D eigenvalue weighted by atomic mass is 16.4. The van der Waals surface area contributed by atoms with Crippen molar-refractivity contribution in [2.45, 2.75) is 38.5 Å². The van der Waals surface area contributed by atoms with Crippen LogP contribution >= 0.6 is 0 Å². The van der Waals surface area contributed by atoms with Gasteiger partial charge in [0.15, 0.2) is 0 Å². The molecule has 0 saturated carbocycles. The molecule has 6 heteroatoms. The van der Waals surface area contributed by atoms with Crippen LogP contribution in [0.1, 0.15) is 38.5 Å². The van der Waals surface area contributed by atoms with Crippen LogP contribution in [0.15, 0.2) is 12.4 Å². The van der Waals surface area contributed by atoms with Crippen molar-refractivity contribution in [2.75, 3.05) is 36.0 Å². The first-order valence-electron chi connectivity index (χ1n) is 8.29. The van der Waals surface area contributed by atoms with E-state index in [0.717, 1.165) is 37.8 Å². The summed E-state index contributed by atoms with van der Waals surface area (Å²) in [5, 5.41) is 9.09. The highest BCUT2D eigenvalue weighted by molar-refractivity contribution is 5.70. The maximum atomic E-state index is 11.0. The SMILES string of the molecule is O=C(O)C1CCN(c2cc(N3CCCCCC3)ncn2)CC1. The molecule has 6 nitrogen and oxygen atoms in total. The Balaban J connectivity index is 1.67. The summed E-state index contributed by atoms with van der Waals surface area (Å²) < 4.78 is 0. The summed E-state index contributed by atoms with van der Waals surface area (Å²) in [6.45, 7) is 3.65. The number of rotatable bonds is 3. The van der Waals surface area contributed by atoms with Gasteiger partial charge in [-0.15, -0.1) is 0 Å². The number of nitrogens with zero attached hydrogens (tertiary/aromatic N) is 4. The molecule has 0 spiro atoms. The van der Waals surface area contributed by atoms with Crippen molar-refractivity contribution in [2.24, 2.45) is 5.92 Å². The molecule has 120 valence electrons. The fourth-order valence-electron chi connectivity index (χ4n) is 3.34. The number of hydrogen-bond acceptors (Lipinski definition) is 5. The lowest BCUT2D eigenvalue weighted by atomic mass is 9.97. The molecule has 1 aromatic heterocycles. The van der Waals surface area contributed by atoms with Crippen molar-refractivity contribution in [1.29, 1.82) is 0 Å². The van der Waals surface area contributed by atoms with E-state index in [-0.39, 0.29) is 5.92 Å². The highest BCUT2D eigenvalue weighted by Crippen LogP contribution is 2.25. The number of piperidine rings is 1. The summed E-state index contributed by atoms with van der Waals surface area (Å²) in [6, 6.07) is 2.06. The largest absolute Gasteiger partial charge is 0.481 e. The Kier molecular flexibility index (Phi) is 4.75. The van der Waals surface area contributed by atoms with E-state index in [1.165, 1.54) is 25.7 Å². The van der Waals surface area contributed by atoms with Crippen molar-refractivity contribution >= 4 is 17.6 Å². The fraction of sp³-hybridized carbons (Fsp3) is 0.688. The van der Waals surface area contributed by atoms with Crippen LogP contribution in [0.4, 0.5) is 11.6 Å². The van der Waals surface area contributed by atoms with Crippen molar-refractivity contribution in [3.63, 3.8) is 0 Å². The summed E-state index contributed by atoms with van der Waals surface area (Å²) in [5.41, 5.74) is 0. The van der Waals surface area contributed by atoms with Crippen molar-refractivity contribution in [3.8, 4) is 0 Å². The molecular formula is C16H24N4O2. The van der Waals surface area contributed by atoms with Gasteiger partial charge in [0.1, 0.15) is 18.0 Å². The summed E-state index contributed by atoms with van der Waals surface area (Å²) in [5.74, 6) is 1.06. The smallest absolute Gasteiger partial charge is 0.306 e. The molecule has 2 saturated heterocycles. The van der Waals surface area contributed by atoms with Gasteiger partial charge < -0.3 is 14.9 Å². The molecule has 0 unspecified atom stereocenters. The van der Waals surface area contributed by atoms with E-state index in [9.17, 15) is 4.79 Å². The molecule has 3 heterocycles. The average molecular weight is 304 g/mol. The Bertz CT molecular complexity index is 507. The van der Waals surface area contributed by atoms with E-state index in [0.29, 0.717) is 12.8 Å². The molecule has 3 rings (SSSR count). The van der Waals surface area contributed by atoms with Crippen molar-refractivity contribution in [3.05, 3.63) is 12.4 Å². The predicted octanol–water partition coefficient (Wildman–Crippen LogP) is 2.16. The summed E-state index contributed by atoms with van der Waals surface area (Å²) in [6.07, 6.45) is 8.08. The first-order chi connectivity index (χ1) is 10.7. The molecule has 0 aromatic carbocycles. The van der Waals surface area contributed by atoms with Crippen LogP contribution in [-0.2, 0) is 4.79 Å². The third-order valence-corrected chi connectivity index (χ3v) is 4.74. The number of carboxylic acids is 1. The van der Waals surface area contributed by atoms with Crippen LogP contribution in [-0.4, -0.2) is 47.2 Å². The van der Waals surface area contributed by atoms with Gasteiger partial charge in [0.25, 0.3) is 0 Å². The zero-order valence-corrected chi connectivity index (χ0v) is 12.9. The van der Waals surface area contributed by atoms with E-state index in [4.69, 9.17) is 5.11 Å². The third-order valence-electron chi connectivity index (χ3n) is 4.74. The van der Waals surface area contributed by atoms with Crippen LogP contribution in [0.5, 0.6) is 0 Å². The number of hydrogen-bond donors (Lipinski definition) is 1. The minimum atomic E-state index is -0.674. The van der Waals surface area contributed by atoms with Gasteiger partial charge in [-0.05, 0) is 25.7 Å². The summed E-state index contributed by atoms with van der Waals surface area (Å²) in [4.78, 5) is 24.4. The second kappa shape index (κ2) is 6.94. The maximum absolute atomic E-state index is 11.0. The second-order valence-electron chi connectivity index (χ2n) is 6.24. The molecule has 0 bridgehead atoms. The van der Waals surface area contributed by atoms with Crippen LogP contribution in [0.3, 0.4) is 0 Å². The molecule has 2 fully saturated rings. The molecule has 0 radical (unpaired) electrons. The Morgan fingerprint density at radius 2 is 1.50 bits per heavy atom. The van der Waals surface area contributed by atoms with Crippen molar-refractivity contribution < 1.29 is 9.90 Å². The monoisotopic (exact) mass is 304 g/mol. The third kappa shape index (κ3) is 3.48. The van der Waals surface area contributed by atoms with Crippen LogP contribution in [0.25, 0.3) is 0 Å². The second-order valence-corrected chi connectivity index (χ2v) is 6.24. The molecule has 1 aromatic rings. The first kappa shape index (κ1) is 15.1. The fourth-order valence-corrected chi connectivity index (χ4v) is 3.34. The van der Waals surface area contributed by atoms with Gasteiger partial charge >= 0.3 is 5.97 Å². The van der Waals surface area contributed by atoms with Gasteiger partial charge in [0.2, 0.25) is 0 Å². The maximum Gasteiger partial charge on any atom is 0.306 e. The molecule has 2 aliphatic rings. The Labute approximate surface area is 131 Å². The number of carbonyl (C=O) groups is 1. The predicted molar refractivity (Wildman–Crippen MR) is 85.3 cm³/mol. The Hall–Kier alpha value is -1.85. The average Bonchev–Trinajstić information content (AvgIpc) is 2.84. The van der Waals surface area contributed by atoms with E-state index in [2.05, 4.69) is 25.8 Å². The molecule has 0 atom stereocenters. The zero-order valence-electron chi connectivity index (χ0n) is 12.9. The van der Waals surface area contributed by atoms with E-state index in [1.54, 1.807) is 6.33 Å². The lowest BCUT2D eigenvalue weighted by molar-refractivity contribution is -0.142. The number of carboxylic acid groups (broad SMARTS) is 1. The van der Waals surface area contributed by atoms with Gasteiger partial charge in [-0.25, -0.2) is 9.97 Å². The molecule has 0 amide bonds. The normalized spacial score (nSPS) is 20.7. The summed E-state index contributed by atoms with van der Waals surface area (Å²) in [7, 11) is 0. The number of aromatic nitrogens is 2. The van der Waals surface area contributed by atoms with Crippen LogP contribution in [0.2, 0.25) is 0 Å². The molecule has 0 aliphatic carbocycles. The van der Waals surface area contributed by atoms with Gasteiger partial charge in [-0.2, -0.15) is 0 Å². The molecule has 22 heavy (non-hydrogen) atoms. The molecule has 1 N–H and O–H groups in total. The number of aliphatic carboxylic acids is 1. The minimum absolute atomic E-state index is 0.205. The minimum Gasteiger partial charge on any atom is -0.481 e. The Morgan fingerprint density at radius 3 is 2.05 bits per heavy atom.